The lowest BCUT2D eigenvalue weighted by atomic mass is 10.2. The predicted molar refractivity (Wildman–Crippen MR) is 46.8 cm³/mol. The molecule has 0 aromatic carbocycles. The summed E-state index contributed by atoms with van der Waals surface area (Å²) in [5.74, 6) is -1.16. The molecule has 0 aromatic rings. The molecule has 0 heterocycles. The molecule has 9 heteroatoms. The number of carbonyl (C=O) groups is 1. The fourth-order valence-electron chi connectivity index (χ4n) is 0.806. The van der Waals surface area contributed by atoms with E-state index in [2.05, 4.69) is 8.92 Å². The molecular weight excluding hydrogens is 253 g/mol. The van der Waals surface area contributed by atoms with E-state index in [1.807, 2.05) is 0 Å². The van der Waals surface area contributed by atoms with E-state index in [-0.39, 0.29) is 12.8 Å². The largest absolute Gasteiger partial charge is 0.523 e. The molecule has 0 rings (SSSR count). The van der Waals surface area contributed by atoms with Crippen molar-refractivity contribution in [3.8, 4) is 0 Å². The van der Waals surface area contributed by atoms with Crippen molar-refractivity contribution < 1.29 is 35.3 Å². The van der Waals surface area contributed by atoms with Gasteiger partial charge in [-0.15, -0.1) is 0 Å². The van der Waals surface area contributed by atoms with E-state index in [1.54, 1.807) is 6.92 Å². The molecule has 16 heavy (non-hydrogen) atoms. The summed E-state index contributed by atoms with van der Waals surface area (Å²) in [6.45, 7) is 1.56. The van der Waals surface area contributed by atoms with Gasteiger partial charge in [0.1, 0.15) is 0 Å². The number of halogens is 3. The van der Waals surface area contributed by atoms with Gasteiger partial charge in [-0.25, -0.2) is 8.98 Å². The Hall–Kier alpha value is -0.830. The van der Waals surface area contributed by atoms with Gasteiger partial charge in [0.25, 0.3) is 0 Å². The van der Waals surface area contributed by atoms with Gasteiger partial charge in [0.15, 0.2) is 6.10 Å². The van der Waals surface area contributed by atoms with Gasteiger partial charge in [-0.2, -0.15) is 21.6 Å². The van der Waals surface area contributed by atoms with Gasteiger partial charge in [0, 0.05) is 0 Å². The van der Waals surface area contributed by atoms with Crippen LogP contribution in [0.25, 0.3) is 0 Å². The predicted octanol–water partition coefficient (Wildman–Crippen LogP) is 1.19. The molecule has 0 aliphatic carbocycles. The maximum atomic E-state index is 11.9. The van der Waals surface area contributed by atoms with Crippen molar-refractivity contribution >= 4 is 16.1 Å². The highest BCUT2D eigenvalue weighted by atomic mass is 32.2. The molecule has 0 radical (unpaired) electrons. The van der Waals surface area contributed by atoms with E-state index < -0.39 is 27.7 Å². The lowest BCUT2D eigenvalue weighted by Crippen LogP contribution is -2.34. The van der Waals surface area contributed by atoms with Crippen LogP contribution in [0.4, 0.5) is 13.2 Å². The number of hydrogen-bond acceptors (Lipinski definition) is 5. The fraction of sp³-hybridized carbons (Fsp3) is 0.857. The number of ether oxygens (including phenoxy) is 1. The number of rotatable bonds is 5. The summed E-state index contributed by atoms with van der Waals surface area (Å²) in [6, 6.07) is 0. The van der Waals surface area contributed by atoms with Crippen molar-refractivity contribution in [2.24, 2.45) is 0 Å². The highest BCUT2D eigenvalue weighted by Gasteiger charge is 2.49. The third kappa shape index (κ3) is 3.97. The van der Waals surface area contributed by atoms with Gasteiger partial charge < -0.3 is 4.74 Å². The van der Waals surface area contributed by atoms with E-state index >= 15 is 0 Å². The van der Waals surface area contributed by atoms with Crippen molar-refractivity contribution in [2.75, 3.05) is 7.11 Å². The quantitative estimate of drug-likeness (QED) is 0.424. The molecule has 96 valence electrons. The van der Waals surface area contributed by atoms with Gasteiger partial charge in [0.2, 0.25) is 0 Å². The molecule has 0 N–H and O–H groups in total. The number of carbonyl (C=O) groups excluding carboxylic acids is 1. The summed E-state index contributed by atoms with van der Waals surface area (Å²) >= 11 is 0. The van der Waals surface area contributed by atoms with Crippen molar-refractivity contribution in [1.82, 2.24) is 0 Å². The third-order valence-corrected chi connectivity index (χ3v) is 2.59. The first-order chi connectivity index (χ1) is 7.15. The minimum absolute atomic E-state index is 0.179. The van der Waals surface area contributed by atoms with E-state index in [9.17, 15) is 26.4 Å². The van der Waals surface area contributed by atoms with Crippen LogP contribution in [0.15, 0.2) is 0 Å². The normalized spacial score (nSPS) is 14.6. The standard InChI is InChI=1S/C7H11F3O5S/c1-3-4-5(6(11)14-2)15-16(12,13)7(8,9)10/h5H,3-4H2,1-2H3. The van der Waals surface area contributed by atoms with Crippen LogP contribution in [0.1, 0.15) is 19.8 Å². The van der Waals surface area contributed by atoms with Crippen LogP contribution in [0.2, 0.25) is 0 Å². The second kappa shape index (κ2) is 5.48. The monoisotopic (exact) mass is 264 g/mol. The average molecular weight is 264 g/mol. The van der Waals surface area contributed by atoms with Crippen molar-refractivity contribution in [1.29, 1.82) is 0 Å². The highest BCUT2D eigenvalue weighted by Crippen LogP contribution is 2.26. The van der Waals surface area contributed by atoms with E-state index in [1.165, 1.54) is 0 Å². The summed E-state index contributed by atoms with van der Waals surface area (Å²) in [6.07, 6.45) is -1.67. The number of methoxy groups -OCH3 is 1. The molecule has 0 aromatic heterocycles. The van der Waals surface area contributed by atoms with Crippen molar-refractivity contribution in [3.05, 3.63) is 0 Å². The van der Waals surface area contributed by atoms with Crippen molar-refractivity contribution in [3.63, 3.8) is 0 Å². The molecule has 0 fully saturated rings. The van der Waals surface area contributed by atoms with E-state index in [4.69, 9.17) is 0 Å². The van der Waals surface area contributed by atoms with Crippen LogP contribution in [-0.2, 0) is 23.8 Å². The lowest BCUT2D eigenvalue weighted by molar-refractivity contribution is -0.149. The maximum absolute atomic E-state index is 11.9. The Labute approximate surface area is 90.6 Å². The van der Waals surface area contributed by atoms with Crippen LogP contribution in [0, 0.1) is 0 Å². The smallest absolute Gasteiger partial charge is 0.467 e. The van der Waals surface area contributed by atoms with Gasteiger partial charge in [-0.1, -0.05) is 13.3 Å². The van der Waals surface area contributed by atoms with Crippen LogP contribution in [-0.4, -0.2) is 33.1 Å². The summed E-state index contributed by atoms with van der Waals surface area (Å²) in [4.78, 5) is 10.9. The minimum Gasteiger partial charge on any atom is -0.467 e. The molecule has 0 aliphatic rings. The Morgan fingerprint density at radius 2 is 1.88 bits per heavy atom. The molecule has 0 saturated carbocycles. The Morgan fingerprint density at radius 1 is 1.38 bits per heavy atom. The van der Waals surface area contributed by atoms with Crippen LogP contribution < -0.4 is 0 Å². The first-order valence-corrected chi connectivity index (χ1v) is 5.64. The zero-order valence-corrected chi connectivity index (χ0v) is 9.39. The number of esters is 1. The van der Waals surface area contributed by atoms with Gasteiger partial charge >= 0.3 is 21.6 Å². The molecule has 0 aliphatic heterocycles. The lowest BCUT2D eigenvalue weighted by Gasteiger charge is -2.15. The molecule has 0 amide bonds. The second-order valence-corrected chi connectivity index (χ2v) is 4.36. The number of hydrogen-bond donors (Lipinski definition) is 0. The molecular formula is C7H11F3O5S. The molecule has 0 spiro atoms. The summed E-state index contributed by atoms with van der Waals surface area (Å²) in [7, 11) is -4.85. The Kier molecular flexibility index (Phi) is 5.20. The number of alkyl halides is 3. The molecule has 0 saturated heterocycles. The van der Waals surface area contributed by atoms with Crippen LogP contribution in [0.5, 0.6) is 0 Å². The first-order valence-electron chi connectivity index (χ1n) is 4.23. The van der Waals surface area contributed by atoms with Gasteiger partial charge in [-0.3, -0.25) is 0 Å². The van der Waals surface area contributed by atoms with Crippen LogP contribution >= 0.6 is 0 Å². The summed E-state index contributed by atoms with van der Waals surface area (Å²) in [5, 5.41) is 0. The SMILES string of the molecule is CCCC(OS(=O)(=O)C(F)(F)F)C(=O)OC. The average Bonchev–Trinajstić information content (AvgIpc) is 2.14. The maximum Gasteiger partial charge on any atom is 0.523 e. The first kappa shape index (κ1) is 15.2. The molecule has 1 atom stereocenters. The fourth-order valence-corrected chi connectivity index (χ4v) is 1.40. The third-order valence-electron chi connectivity index (χ3n) is 1.54. The van der Waals surface area contributed by atoms with E-state index in [0.717, 1.165) is 7.11 Å². The molecule has 5 nitrogen and oxygen atoms in total. The highest BCUT2D eigenvalue weighted by molar-refractivity contribution is 7.87. The Bertz CT molecular complexity index is 334. The van der Waals surface area contributed by atoms with E-state index in [0.29, 0.717) is 0 Å². The minimum atomic E-state index is -5.78. The molecule has 0 bridgehead atoms. The Morgan fingerprint density at radius 3 is 2.19 bits per heavy atom. The topological polar surface area (TPSA) is 69.7 Å². The van der Waals surface area contributed by atoms with Crippen LogP contribution in [0.3, 0.4) is 0 Å². The second-order valence-electron chi connectivity index (χ2n) is 2.80. The molecule has 1 unspecified atom stereocenters. The zero-order valence-electron chi connectivity index (χ0n) is 8.57. The van der Waals surface area contributed by atoms with Crippen molar-refractivity contribution in [2.45, 2.75) is 31.4 Å². The summed E-state index contributed by atoms with van der Waals surface area (Å²) < 4.78 is 64.9. The zero-order chi connectivity index (χ0) is 13.0. The van der Waals surface area contributed by atoms with Gasteiger partial charge in [-0.05, 0) is 6.42 Å². The summed E-state index contributed by atoms with van der Waals surface area (Å²) in [5.41, 5.74) is -5.55. The van der Waals surface area contributed by atoms with Gasteiger partial charge in [0.05, 0.1) is 7.11 Å². The Balaban J connectivity index is 4.84.